The van der Waals surface area contributed by atoms with Crippen LogP contribution in [0.3, 0.4) is 0 Å². The topological polar surface area (TPSA) is 145 Å². The van der Waals surface area contributed by atoms with E-state index in [2.05, 4.69) is 22.0 Å². The molecule has 0 fully saturated rings. The molecule has 0 bridgehead atoms. The zero-order chi connectivity index (χ0) is 44.1. The predicted octanol–water partition coefficient (Wildman–Crippen LogP) is 7.32. The molecule has 14 nitrogen and oxygen atoms in total. The summed E-state index contributed by atoms with van der Waals surface area (Å²) in [6, 6.07) is 4.68. The molecule has 0 radical (unpaired) electrons. The Bertz CT molecular complexity index is 1510. The minimum atomic E-state index is -3.37. The van der Waals surface area contributed by atoms with Gasteiger partial charge in [-0.15, -0.1) is 12.8 Å². The summed E-state index contributed by atoms with van der Waals surface area (Å²) in [6.45, 7) is 29.8. The van der Waals surface area contributed by atoms with Crippen molar-refractivity contribution in [1.82, 2.24) is 9.99 Å². The molecule has 1 unspecified atom stereocenters. The van der Waals surface area contributed by atoms with Gasteiger partial charge in [0.2, 0.25) is 12.0 Å². The molecule has 1 atom stereocenters. The lowest BCUT2D eigenvalue weighted by atomic mass is 9.90. The Morgan fingerprint density at radius 1 is 0.862 bits per heavy atom. The molecule has 58 heavy (non-hydrogen) atoms. The molecular weight excluding hydrogens is 782 g/mol. The molecule has 0 saturated heterocycles. The van der Waals surface area contributed by atoms with E-state index >= 15 is 0 Å². The summed E-state index contributed by atoms with van der Waals surface area (Å²) in [5.41, 5.74) is -2.93. The number of benzene rings is 1. The van der Waals surface area contributed by atoms with Crippen LogP contribution in [0.5, 0.6) is 11.5 Å². The summed E-state index contributed by atoms with van der Waals surface area (Å²) in [5.74, 6) is 3.42. The van der Waals surface area contributed by atoms with Crippen molar-refractivity contribution < 1.29 is 51.2 Å². The van der Waals surface area contributed by atoms with Gasteiger partial charge in [-0.1, -0.05) is 39.5 Å². The van der Waals surface area contributed by atoms with Crippen LogP contribution in [-0.4, -0.2) is 108 Å². The third-order valence-electron chi connectivity index (χ3n) is 8.79. The number of esters is 2. The Morgan fingerprint density at radius 2 is 1.38 bits per heavy atom. The van der Waals surface area contributed by atoms with Gasteiger partial charge in [-0.2, -0.15) is 0 Å². The maximum absolute atomic E-state index is 14.0. The lowest BCUT2D eigenvalue weighted by Crippen LogP contribution is -2.58. The number of amides is 1. The van der Waals surface area contributed by atoms with Crippen LogP contribution < -0.4 is 14.8 Å². The number of hydrogen-bond acceptors (Lipinski definition) is 12. The van der Waals surface area contributed by atoms with Gasteiger partial charge in [0.05, 0.1) is 32.0 Å². The zero-order valence-electron chi connectivity index (χ0n) is 36.6. The number of nitrogens with one attached hydrogen (secondary N) is 1. The van der Waals surface area contributed by atoms with Gasteiger partial charge in [0.1, 0.15) is 31.3 Å². The van der Waals surface area contributed by atoms with E-state index in [0.717, 1.165) is 0 Å². The minimum absolute atomic E-state index is 0.00593. The molecule has 0 aromatic heterocycles. The Hall–Kier alpha value is -3.71. The average molecular weight is 848 g/mol. The Labute approximate surface area is 349 Å². The largest absolute Gasteiger partial charge is 0.481 e. The second kappa shape index (κ2) is 25.7. The Morgan fingerprint density at radius 3 is 1.81 bits per heavy atom. The van der Waals surface area contributed by atoms with Gasteiger partial charge in [-0.05, 0) is 85.0 Å². The minimum Gasteiger partial charge on any atom is -0.481 e. The SMILES string of the molecule is [C-]#[N+]CCOP(OCC(CO[Si](OC(C)(C)CCNC(=O)c1cc(OCC#C)cc(OCC#C)c1)(C(C)C)C(C)C)(C(=O)OCC)C(=O)OCC)N(C(C)C)C(C)C. The molecule has 1 rings (SSSR count). The van der Waals surface area contributed by atoms with Crippen molar-refractivity contribution in [3.8, 4) is 36.2 Å². The predicted molar refractivity (Wildman–Crippen MR) is 227 cm³/mol. The van der Waals surface area contributed by atoms with Gasteiger partial charge in [0, 0.05) is 30.3 Å². The van der Waals surface area contributed by atoms with Crippen molar-refractivity contribution in [3.63, 3.8) is 0 Å². The van der Waals surface area contributed by atoms with Crippen LogP contribution >= 0.6 is 8.53 Å². The van der Waals surface area contributed by atoms with Crippen LogP contribution in [-0.2, 0) is 37.0 Å². The first-order chi connectivity index (χ1) is 27.3. The average Bonchev–Trinajstić information content (AvgIpc) is 3.15. The molecule has 1 aromatic rings. The first kappa shape index (κ1) is 52.3. The van der Waals surface area contributed by atoms with E-state index < -0.39 is 53.3 Å². The second-order valence-corrected chi connectivity index (χ2v) is 20.9. The van der Waals surface area contributed by atoms with Gasteiger partial charge < -0.3 is 47.0 Å². The van der Waals surface area contributed by atoms with Gasteiger partial charge in [0.15, 0.2) is 0 Å². The van der Waals surface area contributed by atoms with Gasteiger partial charge in [-0.25, -0.2) is 11.2 Å². The molecule has 0 aliphatic rings. The van der Waals surface area contributed by atoms with E-state index in [0.29, 0.717) is 23.5 Å². The maximum atomic E-state index is 14.0. The Kier molecular flexibility index (Phi) is 23.2. The van der Waals surface area contributed by atoms with E-state index in [4.69, 9.17) is 56.3 Å². The standard InChI is InChI=1S/C42H66N3O11PSi/c1-16-23-51-36-26-35(27-37(28-36)52-24-17-2)38(46)44-21-20-41(13,14)56-58(33(9)10,34(11)12)55-30-42(39(47)49-18-3,40(48)50-19-4)29-54-57(53-25-22-43-15)45(31(5)6)32(7)8/h1-2,26-28,31-34H,18-25,29-30H2,3-14H3,(H,44,46). The second-order valence-electron chi connectivity index (χ2n) is 15.2. The molecular formula is C42H66N3O11PSi. The first-order valence-corrected chi connectivity index (χ1v) is 22.8. The van der Waals surface area contributed by atoms with Gasteiger partial charge >= 0.3 is 20.5 Å². The van der Waals surface area contributed by atoms with E-state index in [1.165, 1.54) is 0 Å². The van der Waals surface area contributed by atoms with Crippen molar-refractivity contribution in [3.05, 3.63) is 35.2 Å². The highest BCUT2D eigenvalue weighted by molar-refractivity contribution is 7.44. The molecule has 0 heterocycles. The fourth-order valence-electron chi connectivity index (χ4n) is 6.06. The fraction of sp³-hybridized carbons (Fsp3) is 0.667. The smallest absolute Gasteiger partial charge is 0.343 e. The number of carbonyl (C=O) groups excluding carboxylic acids is 3. The number of carbonyl (C=O) groups is 3. The molecule has 1 N–H and O–H groups in total. The molecule has 1 amide bonds. The lowest BCUT2D eigenvalue weighted by Gasteiger charge is -2.45. The summed E-state index contributed by atoms with van der Waals surface area (Å²) in [5, 5.41) is 2.95. The van der Waals surface area contributed by atoms with Crippen molar-refractivity contribution in [2.75, 3.05) is 59.3 Å². The number of nitrogens with zero attached hydrogens (tertiary/aromatic N) is 2. The quantitative estimate of drug-likeness (QED) is 0.0172. The summed E-state index contributed by atoms with van der Waals surface area (Å²) in [6.07, 6.45) is 11.1. The molecule has 1 aromatic carbocycles. The van der Waals surface area contributed by atoms with E-state index in [1.54, 1.807) is 32.0 Å². The summed E-state index contributed by atoms with van der Waals surface area (Å²) in [7, 11) is -5.21. The van der Waals surface area contributed by atoms with Crippen LogP contribution in [0.25, 0.3) is 4.85 Å². The lowest BCUT2D eigenvalue weighted by molar-refractivity contribution is -0.178. The van der Waals surface area contributed by atoms with Crippen LogP contribution in [0.4, 0.5) is 0 Å². The van der Waals surface area contributed by atoms with Crippen molar-refractivity contribution in [2.24, 2.45) is 5.41 Å². The number of rotatable bonds is 28. The molecule has 0 spiro atoms. The van der Waals surface area contributed by atoms with Crippen LogP contribution in [0.2, 0.25) is 11.1 Å². The Balaban J connectivity index is 3.52. The van der Waals surface area contributed by atoms with E-state index in [9.17, 15) is 14.4 Å². The van der Waals surface area contributed by atoms with Crippen LogP contribution in [0.15, 0.2) is 18.2 Å². The summed E-state index contributed by atoms with van der Waals surface area (Å²) in [4.78, 5) is 44.8. The summed E-state index contributed by atoms with van der Waals surface area (Å²) < 4.78 is 50.5. The van der Waals surface area contributed by atoms with Crippen LogP contribution in [0.1, 0.15) is 99.9 Å². The summed E-state index contributed by atoms with van der Waals surface area (Å²) >= 11 is 0. The van der Waals surface area contributed by atoms with Crippen LogP contribution in [0, 0.1) is 36.7 Å². The monoisotopic (exact) mass is 847 g/mol. The molecule has 0 aliphatic carbocycles. The fourth-order valence-corrected chi connectivity index (χ4v) is 11.7. The maximum Gasteiger partial charge on any atom is 0.343 e. The van der Waals surface area contributed by atoms with Crippen molar-refractivity contribution in [1.29, 1.82) is 0 Å². The highest BCUT2D eigenvalue weighted by atomic mass is 31.2. The molecule has 324 valence electrons. The number of hydrogen-bond donors (Lipinski definition) is 1. The van der Waals surface area contributed by atoms with Gasteiger partial charge in [0.25, 0.3) is 14.4 Å². The third-order valence-corrected chi connectivity index (χ3v) is 15.5. The highest BCUT2D eigenvalue weighted by Gasteiger charge is 2.56. The number of terminal acetylenes is 2. The van der Waals surface area contributed by atoms with E-state index in [1.807, 2.05) is 73.9 Å². The molecule has 0 aliphatic heterocycles. The first-order valence-electron chi connectivity index (χ1n) is 19.7. The van der Waals surface area contributed by atoms with Gasteiger partial charge in [-0.3, -0.25) is 14.4 Å². The third kappa shape index (κ3) is 15.8. The molecule has 0 saturated carbocycles. The zero-order valence-corrected chi connectivity index (χ0v) is 38.5. The van der Waals surface area contributed by atoms with E-state index in [-0.39, 0.29) is 75.2 Å². The normalized spacial score (nSPS) is 12.6. The molecule has 16 heteroatoms. The number of ether oxygens (including phenoxy) is 4. The highest BCUT2D eigenvalue weighted by Crippen LogP contribution is 2.48. The van der Waals surface area contributed by atoms with Crippen molar-refractivity contribution in [2.45, 2.75) is 118 Å². The van der Waals surface area contributed by atoms with Crippen molar-refractivity contribution >= 4 is 34.9 Å².